The van der Waals surface area contributed by atoms with Gasteiger partial charge in [-0.2, -0.15) is 11.3 Å². The van der Waals surface area contributed by atoms with Crippen molar-refractivity contribution in [2.75, 3.05) is 5.32 Å². The number of aromatic nitrogens is 2. The minimum absolute atomic E-state index is 0.0230. The van der Waals surface area contributed by atoms with Crippen LogP contribution in [0.5, 0.6) is 0 Å². The van der Waals surface area contributed by atoms with Crippen LogP contribution < -0.4 is 11.1 Å². The summed E-state index contributed by atoms with van der Waals surface area (Å²) < 4.78 is 0. The van der Waals surface area contributed by atoms with Crippen molar-refractivity contribution >= 4 is 29.0 Å². The van der Waals surface area contributed by atoms with Crippen LogP contribution in [0.4, 0.5) is 5.82 Å². The summed E-state index contributed by atoms with van der Waals surface area (Å²) in [6, 6.07) is 3.51. The highest BCUT2D eigenvalue weighted by Crippen LogP contribution is 2.35. The molecule has 0 unspecified atom stereocenters. The molecule has 3 N–H and O–H groups in total. The third-order valence-electron chi connectivity index (χ3n) is 4.60. The summed E-state index contributed by atoms with van der Waals surface area (Å²) >= 11 is 1.62. The molecular formula is C20H18N4O2S. The molecule has 7 heteroatoms. The van der Waals surface area contributed by atoms with Crippen molar-refractivity contribution < 1.29 is 9.59 Å². The van der Waals surface area contributed by atoms with Crippen molar-refractivity contribution in [3.05, 3.63) is 52.6 Å². The Morgan fingerprint density at radius 2 is 2.00 bits per heavy atom. The second kappa shape index (κ2) is 6.92. The number of carbonyl (C=O) groups excluding carboxylic acids is 2. The van der Waals surface area contributed by atoms with Crippen molar-refractivity contribution in [2.45, 2.75) is 19.8 Å². The largest absolute Gasteiger partial charge is 0.366 e. The summed E-state index contributed by atoms with van der Waals surface area (Å²) in [6.45, 7) is 2.04. The lowest BCUT2D eigenvalue weighted by Gasteiger charge is -2.14. The number of thiophene rings is 1. The number of carbonyl (C=O) groups is 2. The molecule has 3 heterocycles. The monoisotopic (exact) mass is 378 g/mol. The average Bonchev–Trinajstić information content (AvgIpc) is 3.43. The van der Waals surface area contributed by atoms with Crippen molar-refractivity contribution in [3.63, 3.8) is 0 Å². The van der Waals surface area contributed by atoms with Crippen LogP contribution in [0, 0.1) is 12.8 Å². The number of nitrogens with two attached hydrogens (primary N) is 1. The maximum absolute atomic E-state index is 12.3. The molecule has 0 atom stereocenters. The number of amides is 2. The number of rotatable bonds is 5. The van der Waals surface area contributed by atoms with E-state index in [9.17, 15) is 9.59 Å². The van der Waals surface area contributed by atoms with E-state index in [2.05, 4.69) is 26.0 Å². The highest BCUT2D eigenvalue weighted by molar-refractivity contribution is 7.08. The molecule has 4 rings (SSSR count). The van der Waals surface area contributed by atoms with Gasteiger partial charge in [0.2, 0.25) is 11.8 Å². The standard InChI is InChI=1S/C20H18N4O2S/c1-11-9-27-10-16(11)13-6-14(8-22-7-13)17-15(18(21)25)4-5-23-19(17)24-20(26)12-2-3-12/h4-10,12H,2-3H2,1H3,(H2,21,25)(H,23,24,26). The van der Waals surface area contributed by atoms with Gasteiger partial charge in [0.15, 0.2) is 0 Å². The molecule has 136 valence electrons. The van der Waals surface area contributed by atoms with Gasteiger partial charge in [-0.15, -0.1) is 0 Å². The fourth-order valence-corrected chi connectivity index (χ4v) is 3.86. The Labute approximate surface area is 160 Å². The van der Waals surface area contributed by atoms with Gasteiger partial charge >= 0.3 is 0 Å². The zero-order valence-electron chi connectivity index (χ0n) is 14.7. The predicted molar refractivity (Wildman–Crippen MR) is 105 cm³/mol. The molecule has 0 saturated heterocycles. The highest BCUT2D eigenvalue weighted by atomic mass is 32.1. The lowest BCUT2D eigenvalue weighted by molar-refractivity contribution is -0.117. The Morgan fingerprint density at radius 1 is 1.22 bits per heavy atom. The van der Waals surface area contributed by atoms with E-state index in [1.165, 1.54) is 6.20 Å². The molecule has 1 fully saturated rings. The van der Waals surface area contributed by atoms with Gasteiger partial charge in [-0.05, 0) is 53.8 Å². The van der Waals surface area contributed by atoms with Crippen LogP contribution >= 0.6 is 11.3 Å². The predicted octanol–water partition coefficient (Wildman–Crippen LogP) is 3.63. The lowest BCUT2D eigenvalue weighted by atomic mass is 9.98. The molecule has 0 aliphatic heterocycles. The van der Waals surface area contributed by atoms with Gasteiger partial charge in [0.25, 0.3) is 0 Å². The van der Waals surface area contributed by atoms with Gasteiger partial charge in [-0.25, -0.2) is 4.98 Å². The molecule has 2 amide bonds. The third kappa shape index (κ3) is 3.46. The average molecular weight is 378 g/mol. The van der Waals surface area contributed by atoms with E-state index in [4.69, 9.17) is 5.73 Å². The first-order valence-corrected chi connectivity index (χ1v) is 9.57. The zero-order chi connectivity index (χ0) is 19.0. The molecular weight excluding hydrogens is 360 g/mol. The fraction of sp³-hybridized carbons (Fsp3) is 0.200. The molecule has 0 radical (unpaired) electrons. The number of pyridine rings is 2. The Bertz CT molecular complexity index is 1040. The van der Waals surface area contributed by atoms with Gasteiger partial charge in [-0.3, -0.25) is 14.6 Å². The van der Waals surface area contributed by atoms with Gasteiger partial charge in [-0.1, -0.05) is 0 Å². The van der Waals surface area contributed by atoms with Crippen LogP contribution in [-0.2, 0) is 4.79 Å². The molecule has 1 aliphatic carbocycles. The van der Waals surface area contributed by atoms with E-state index < -0.39 is 5.91 Å². The summed E-state index contributed by atoms with van der Waals surface area (Å²) in [6.07, 6.45) is 6.67. The molecule has 1 saturated carbocycles. The maximum Gasteiger partial charge on any atom is 0.249 e. The number of hydrogen-bond acceptors (Lipinski definition) is 5. The number of nitrogens with one attached hydrogen (secondary N) is 1. The normalized spacial score (nSPS) is 13.4. The summed E-state index contributed by atoms with van der Waals surface area (Å²) in [7, 11) is 0. The SMILES string of the molecule is Cc1cscc1-c1cncc(-c2c(C(N)=O)ccnc2NC(=O)C2CC2)c1. The van der Waals surface area contributed by atoms with Gasteiger partial charge in [0.05, 0.1) is 5.56 Å². The Hall–Kier alpha value is -3.06. The molecule has 0 aromatic carbocycles. The van der Waals surface area contributed by atoms with Gasteiger partial charge in [0, 0.05) is 41.2 Å². The summed E-state index contributed by atoms with van der Waals surface area (Å²) in [5.41, 5.74) is 10.2. The maximum atomic E-state index is 12.3. The van der Waals surface area contributed by atoms with Crippen LogP contribution in [0.3, 0.4) is 0 Å². The molecule has 1 aliphatic rings. The molecule has 3 aromatic heterocycles. The van der Waals surface area contributed by atoms with Crippen LogP contribution in [0.25, 0.3) is 22.3 Å². The van der Waals surface area contributed by atoms with Crippen molar-refractivity contribution in [2.24, 2.45) is 11.7 Å². The van der Waals surface area contributed by atoms with Gasteiger partial charge in [0.1, 0.15) is 5.82 Å². The number of aryl methyl sites for hydroxylation is 1. The Morgan fingerprint density at radius 3 is 2.67 bits per heavy atom. The summed E-state index contributed by atoms with van der Waals surface area (Å²) in [4.78, 5) is 32.9. The van der Waals surface area contributed by atoms with Crippen molar-refractivity contribution in [1.82, 2.24) is 9.97 Å². The van der Waals surface area contributed by atoms with Crippen LogP contribution in [0.1, 0.15) is 28.8 Å². The number of primary amides is 1. The topological polar surface area (TPSA) is 98.0 Å². The molecule has 0 spiro atoms. The number of hydrogen-bond donors (Lipinski definition) is 2. The van der Waals surface area contributed by atoms with Crippen LogP contribution in [-0.4, -0.2) is 21.8 Å². The second-order valence-electron chi connectivity index (χ2n) is 6.64. The molecule has 27 heavy (non-hydrogen) atoms. The van der Waals surface area contributed by atoms with Crippen molar-refractivity contribution in [1.29, 1.82) is 0 Å². The lowest BCUT2D eigenvalue weighted by Crippen LogP contribution is -2.18. The quantitative estimate of drug-likeness (QED) is 0.708. The smallest absolute Gasteiger partial charge is 0.249 e. The first-order chi connectivity index (χ1) is 13.0. The van der Waals surface area contributed by atoms with Crippen LogP contribution in [0.2, 0.25) is 0 Å². The van der Waals surface area contributed by atoms with E-state index in [0.717, 1.165) is 29.5 Å². The Kier molecular flexibility index (Phi) is 4.45. The molecule has 0 bridgehead atoms. The highest BCUT2D eigenvalue weighted by Gasteiger charge is 2.31. The zero-order valence-corrected chi connectivity index (χ0v) is 15.5. The second-order valence-corrected chi connectivity index (χ2v) is 7.38. The molecule has 6 nitrogen and oxygen atoms in total. The van der Waals surface area contributed by atoms with E-state index in [0.29, 0.717) is 22.5 Å². The van der Waals surface area contributed by atoms with E-state index in [-0.39, 0.29) is 11.8 Å². The number of anilines is 1. The summed E-state index contributed by atoms with van der Waals surface area (Å²) in [5, 5.41) is 6.98. The van der Waals surface area contributed by atoms with E-state index in [1.807, 2.05) is 13.0 Å². The fourth-order valence-electron chi connectivity index (χ4n) is 3.00. The minimum atomic E-state index is -0.577. The summed E-state index contributed by atoms with van der Waals surface area (Å²) in [5.74, 6) is -0.298. The van der Waals surface area contributed by atoms with E-state index in [1.54, 1.807) is 29.8 Å². The molecule has 3 aromatic rings. The minimum Gasteiger partial charge on any atom is -0.366 e. The first kappa shape index (κ1) is 17.4. The van der Waals surface area contributed by atoms with E-state index >= 15 is 0 Å². The third-order valence-corrected chi connectivity index (χ3v) is 5.46. The van der Waals surface area contributed by atoms with Crippen LogP contribution in [0.15, 0.2) is 41.5 Å². The Balaban J connectivity index is 1.83. The van der Waals surface area contributed by atoms with Crippen molar-refractivity contribution in [3.8, 4) is 22.3 Å². The first-order valence-electron chi connectivity index (χ1n) is 8.63. The van der Waals surface area contributed by atoms with Gasteiger partial charge < -0.3 is 11.1 Å². The number of nitrogens with zero attached hydrogens (tertiary/aromatic N) is 2.